The van der Waals surface area contributed by atoms with Crippen LogP contribution in [0.4, 0.5) is 0 Å². The lowest BCUT2D eigenvalue weighted by molar-refractivity contribution is 0.379. The van der Waals surface area contributed by atoms with Crippen molar-refractivity contribution >= 4 is 0 Å². The number of rotatable bonds is 6. The van der Waals surface area contributed by atoms with Gasteiger partial charge in [-0.3, -0.25) is 0 Å². The molecule has 0 radical (unpaired) electrons. The molecule has 0 unspecified atom stereocenters. The summed E-state index contributed by atoms with van der Waals surface area (Å²) in [6.45, 7) is 9.33. The molecule has 0 aliphatic heterocycles. The molecule has 12 heavy (non-hydrogen) atoms. The van der Waals surface area contributed by atoms with Crippen LogP contribution in [0.2, 0.25) is 0 Å². The lowest BCUT2D eigenvalue weighted by atomic mass is 10.3. The molecule has 2 nitrogen and oxygen atoms in total. The minimum atomic E-state index is 0.800. The highest BCUT2D eigenvalue weighted by Crippen LogP contribution is 2.18. The van der Waals surface area contributed by atoms with Crippen molar-refractivity contribution in [3.63, 3.8) is 0 Å². The summed E-state index contributed by atoms with van der Waals surface area (Å²) in [7, 11) is 2.13. The zero-order chi connectivity index (χ0) is 8.97. The standard InChI is InChI=1S/C10H20N2/c1-4-12(3)8-9(2)7-11-10-5-6-10/h10-11H,2,4-8H2,1,3H3. The molecular weight excluding hydrogens is 148 g/mol. The molecule has 0 aromatic carbocycles. The fraction of sp³-hybridized carbons (Fsp3) is 0.800. The fourth-order valence-electron chi connectivity index (χ4n) is 1.13. The molecule has 1 aliphatic carbocycles. The van der Waals surface area contributed by atoms with Gasteiger partial charge in [-0.05, 0) is 32.0 Å². The van der Waals surface area contributed by atoms with Crippen LogP contribution in [0.5, 0.6) is 0 Å². The summed E-state index contributed by atoms with van der Waals surface area (Å²) in [4.78, 5) is 2.27. The predicted molar refractivity (Wildman–Crippen MR) is 53.3 cm³/mol. The van der Waals surface area contributed by atoms with Gasteiger partial charge in [-0.1, -0.05) is 13.5 Å². The number of likely N-dealkylation sites (N-methyl/N-ethyl adjacent to an activating group) is 1. The Hall–Kier alpha value is -0.340. The Balaban J connectivity index is 2.01. The van der Waals surface area contributed by atoms with Gasteiger partial charge in [0.2, 0.25) is 0 Å². The molecule has 0 bridgehead atoms. The zero-order valence-corrected chi connectivity index (χ0v) is 8.27. The number of hydrogen-bond donors (Lipinski definition) is 1. The third-order valence-corrected chi connectivity index (χ3v) is 2.25. The lowest BCUT2D eigenvalue weighted by Gasteiger charge is -2.15. The molecule has 1 N–H and O–H groups in total. The second-order valence-corrected chi connectivity index (χ2v) is 3.74. The first kappa shape index (κ1) is 9.75. The van der Waals surface area contributed by atoms with Gasteiger partial charge in [0.25, 0.3) is 0 Å². The lowest BCUT2D eigenvalue weighted by Crippen LogP contribution is -2.26. The fourth-order valence-corrected chi connectivity index (χ4v) is 1.13. The van der Waals surface area contributed by atoms with E-state index < -0.39 is 0 Å². The third-order valence-electron chi connectivity index (χ3n) is 2.25. The Morgan fingerprint density at radius 1 is 1.58 bits per heavy atom. The smallest absolute Gasteiger partial charge is 0.0199 e. The first-order valence-electron chi connectivity index (χ1n) is 4.81. The molecule has 0 spiro atoms. The van der Waals surface area contributed by atoms with Crippen LogP contribution in [-0.2, 0) is 0 Å². The Bertz CT molecular complexity index is 150. The van der Waals surface area contributed by atoms with Crippen molar-refractivity contribution in [1.29, 1.82) is 0 Å². The van der Waals surface area contributed by atoms with Gasteiger partial charge in [-0.2, -0.15) is 0 Å². The van der Waals surface area contributed by atoms with Crippen molar-refractivity contribution in [3.05, 3.63) is 12.2 Å². The number of nitrogens with one attached hydrogen (secondary N) is 1. The Kier molecular flexibility index (Phi) is 3.76. The van der Waals surface area contributed by atoms with Gasteiger partial charge in [0.1, 0.15) is 0 Å². The van der Waals surface area contributed by atoms with Crippen molar-refractivity contribution in [2.75, 3.05) is 26.7 Å². The summed E-state index contributed by atoms with van der Waals surface area (Å²) in [6, 6.07) is 0.800. The summed E-state index contributed by atoms with van der Waals surface area (Å²) in [5, 5.41) is 3.46. The highest BCUT2D eigenvalue weighted by atomic mass is 15.1. The van der Waals surface area contributed by atoms with Gasteiger partial charge in [0.15, 0.2) is 0 Å². The Morgan fingerprint density at radius 2 is 2.25 bits per heavy atom. The van der Waals surface area contributed by atoms with E-state index in [0.29, 0.717) is 0 Å². The minimum Gasteiger partial charge on any atom is -0.310 e. The summed E-state index contributed by atoms with van der Waals surface area (Å²) in [6.07, 6.45) is 2.72. The topological polar surface area (TPSA) is 15.3 Å². The average Bonchev–Trinajstić information content (AvgIpc) is 2.83. The van der Waals surface area contributed by atoms with Crippen LogP contribution in [0.3, 0.4) is 0 Å². The van der Waals surface area contributed by atoms with Crippen LogP contribution in [0, 0.1) is 0 Å². The molecule has 0 saturated heterocycles. The maximum absolute atomic E-state index is 4.04. The second kappa shape index (κ2) is 4.63. The van der Waals surface area contributed by atoms with E-state index in [-0.39, 0.29) is 0 Å². The molecule has 1 fully saturated rings. The van der Waals surface area contributed by atoms with Crippen LogP contribution >= 0.6 is 0 Å². The SMILES string of the molecule is C=C(CNC1CC1)CN(C)CC. The van der Waals surface area contributed by atoms with Crippen molar-refractivity contribution in [1.82, 2.24) is 10.2 Å². The molecule has 0 aromatic heterocycles. The maximum atomic E-state index is 4.04. The van der Waals surface area contributed by atoms with Crippen LogP contribution in [0.1, 0.15) is 19.8 Å². The minimum absolute atomic E-state index is 0.800. The third kappa shape index (κ3) is 3.88. The Morgan fingerprint density at radius 3 is 2.75 bits per heavy atom. The highest BCUT2D eigenvalue weighted by molar-refractivity contribution is 5.01. The summed E-state index contributed by atoms with van der Waals surface area (Å²) < 4.78 is 0. The quantitative estimate of drug-likeness (QED) is 0.600. The van der Waals surface area contributed by atoms with Gasteiger partial charge >= 0.3 is 0 Å². The highest BCUT2D eigenvalue weighted by Gasteiger charge is 2.19. The van der Waals surface area contributed by atoms with Crippen LogP contribution < -0.4 is 5.32 Å². The molecule has 1 saturated carbocycles. The van der Waals surface area contributed by atoms with E-state index >= 15 is 0 Å². The molecule has 1 rings (SSSR count). The van der Waals surface area contributed by atoms with E-state index in [0.717, 1.165) is 25.7 Å². The van der Waals surface area contributed by atoms with Gasteiger partial charge in [0.05, 0.1) is 0 Å². The molecule has 0 aromatic rings. The van der Waals surface area contributed by atoms with E-state index in [2.05, 4.69) is 30.8 Å². The van der Waals surface area contributed by atoms with Gasteiger partial charge in [-0.25, -0.2) is 0 Å². The van der Waals surface area contributed by atoms with E-state index in [1.165, 1.54) is 18.4 Å². The zero-order valence-electron chi connectivity index (χ0n) is 8.27. The predicted octanol–water partition coefficient (Wildman–Crippen LogP) is 1.25. The van der Waals surface area contributed by atoms with Crippen LogP contribution in [0.15, 0.2) is 12.2 Å². The van der Waals surface area contributed by atoms with E-state index in [1.54, 1.807) is 0 Å². The van der Waals surface area contributed by atoms with Crippen molar-refractivity contribution in [3.8, 4) is 0 Å². The summed E-state index contributed by atoms with van der Waals surface area (Å²) in [5.74, 6) is 0. The maximum Gasteiger partial charge on any atom is 0.0199 e. The molecule has 0 amide bonds. The Labute approximate surface area is 75.6 Å². The molecular formula is C10H20N2. The van der Waals surface area contributed by atoms with E-state index in [9.17, 15) is 0 Å². The summed E-state index contributed by atoms with van der Waals surface area (Å²) in [5.41, 5.74) is 1.30. The monoisotopic (exact) mass is 168 g/mol. The van der Waals surface area contributed by atoms with Crippen molar-refractivity contribution < 1.29 is 0 Å². The van der Waals surface area contributed by atoms with E-state index in [4.69, 9.17) is 0 Å². The number of nitrogens with zero attached hydrogens (tertiary/aromatic N) is 1. The van der Waals surface area contributed by atoms with E-state index in [1.807, 2.05) is 0 Å². The largest absolute Gasteiger partial charge is 0.310 e. The van der Waals surface area contributed by atoms with Crippen LogP contribution in [-0.4, -0.2) is 37.6 Å². The first-order valence-corrected chi connectivity index (χ1v) is 4.81. The van der Waals surface area contributed by atoms with Crippen molar-refractivity contribution in [2.24, 2.45) is 0 Å². The molecule has 0 atom stereocenters. The molecule has 0 heterocycles. The summed E-state index contributed by atoms with van der Waals surface area (Å²) >= 11 is 0. The van der Waals surface area contributed by atoms with Crippen LogP contribution in [0.25, 0.3) is 0 Å². The molecule has 1 aliphatic rings. The molecule has 70 valence electrons. The van der Waals surface area contributed by atoms with Gasteiger partial charge in [-0.15, -0.1) is 0 Å². The second-order valence-electron chi connectivity index (χ2n) is 3.74. The average molecular weight is 168 g/mol. The van der Waals surface area contributed by atoms with Gasteiger partial charge in [0, 0.05) is 19.1 Å². The van der Waals surface area contributed by atoms with Gasteiger partial charge < -0.3 is 10.2 Å². The number of hydrogen-bond acceptors (Lipinski definition) is 2. The normalized spacial score (nSPS) is 16.9. The molecule has 2 heteroatoms. The van der Waals surface area contributed by atoms with Crippen molar-refractivity contribution in [2.45, 2.75) is 25.8 Å². The first-order chi connectivity index (χ1) is 5.72.